The van der Waals surface area contributed by atoms with E-state index in [1.807, 2.05) is 37.3 Å². The van der Waals surface area contributed by atoms with E-state index in [4.69, 9.17) is 4.42 Å². The van der Waals surface area contributed by atoms with Crippen LogP contribution in [0.25, 0.3) is 16.8 Å². The summed E-state index contributed by atoms with van der Waals surface area (Å²) in [5, 5.41) is 7.97. The van der Waals surface area contributed by atoms with Gasteiger partial charge in [0, 0.05) is 17.1 Å². The third-order valence-electron chi connectivity index (χ3n) is 3.88. The summed E-state index contributed by atoms with van der Waals surface area (Å²) in [6, 6.07) is 12.7. The van der Waals surface area contributed by atoms with E-state index in [1.165, 1.54) is 17.3 Å². The Labute approximate surface area is 143 Å². The molecule has 0 spiro atoms. The Morgan fingerprint density at radius 3 is 2.92 bits per heavy atom. The van der Waals surface area contributed by atoms with Crippen LogP contribution in [0.15, 0.2) is 65.7 Å². The van der Waals surface area contributed by atoms with Crippen molar-refractivity contribution in [3.63, 3.8) is 0 Å². The number of fused-ring (bicyclic) bond motifs is 1. The maximum atomic E-state index is 12.5. The van der Waals surface area contributed by atoms with Gasteiger partial charge in [-0.2, -0.15) is 5.10 Å². The minimum absolute atomic E-state index is 0.211. The third-order valence-corrected chi connectivity index (χ3v) is 3.88. The van der Waals surface area contributed by atoms with Gasteiger partial charge in [0.05, 0.1) is 6.04 Å². The standard InChI is InChI=1S/C18H15N5O2/c1-12(16-8-13-4-2-3-5-15(13)25-16)22-18(24)14-6-7-20-17(9-14)23-11-19-10-21-23/h2-12H,1H3,(H,22,24)/t12-/m1/s1. The molecule has 3 aromatic heterocycles. The molecule has 0 saturated carbocycles. The second-order valence-corrected chi connectivity index (χ2v) is 5.62. The summed E-state index contributed by atoms with van der Waals surface area (Å²) >= 11 is 0. The van der Waals surface area contributed by atoms with E-state index in [0.29, 0.717) is 17.1 Å². The Bertz CT molecular complexity index is 990. The number of hydrogen-bond donors (Lipinski definition) is 1. The molecular formula is C18H15N5O2. The minimum Gasteiger partial charge on any atom is -0.459 e. The van der Waals surface area contributed by atoms with Gasteiger partial charge in [0.2, 0.25) is 0 Å². The number of carbonyl (C=O) groups excluding carboxylic acids is 1. The highest BCUT2D eigenvalue weighted by atomic mass is 16.3. The highest BCUT2D eigenvalue weighted by molar-refractivity contribution is 5.94. The van der Waals surface area contributed by atoms with Crippen molar-refractivity contribution in [2.75, 3.05) is 0 Å². The van der Waals surface area contributed by atoms with Crippen LogP contribution in [0.3, 0.4) is 0 Å². The number of amides is 1. The van der Waals surface area contributed by atoms with E-state index in [1.54, 1.807) is 18.3 Å². The third kappa shape index (κ3) is 2.99. The molecule has 124 valence electrons. The number of rotatable bonds is 4. The summed E-state index contributed by atoms with van der Waals surface area (Å²) in [5.41, 5.74) is 1.29. The van der Waals surface area contributed by atoms with Crippen molar-refractivity contribution >= 4 is 16.9 Å². The Morgan fingerprint density at radius 2 is 2.12 bits per heavy atom. The smallest absolute Gasteiger partial charge is 0.252 e. The van der Waals surface area contributed by atoms with E-state index in [-0.39, 0.29) is 11.9 Å². The van der Waals surface area contributed by atoms with Crippen LogP contribution in [-0.4, -0.2) is 25.7 Å². The van der Waals surface area contributed by atoms with Crippen LogP contribution in [0.4, 0.5) is 0 Å². The second-order valence-electron chi connectivity index (χ2n) is 5.62. The van der Waals surface area contributed by atoms with E-state index in [0.717, 1.165) is 11.0 Å². The van der Waals surface area contributed by atoms with Crippen LogP contribution in [0.1, 0.15) is 29.1 Å². The van der Waals surface area contributed by atoms with Crippen molar-refractivity contribution in [3.8, 4) is 5.82 Å². The normalized spacial score (nSPS) is 12.2. The number of hydrogen-bond acceptors (Lipinski definition) is 5. The monoisotopic (exact) mass is 333 g/mol. The van der Waals surface area contributed by atoms with Gasteiger partial charge >= 0.3 is 0 Å². The SMILES string of the molecule is C[C@@H](NC(=O)c1ccnc(-n2cncn2)c1)c1cc2ccccc2o1. The summed E-state index contributed by atoms with van der Waals surface area (Å²) in [6.45, 7) is 1.88. The molecule has 3 heterocycles. The van der Waals surface area contributed by atoms with Crippen molar-refractivity contribution in [2.24, 2.45) is 0 Å². The van der Waals surface area contributed by atoms with Gasteiger partial charge in [0.15, 0.2) is 5.82 Å². The fourth-order valence-corrected chi connectivity index (χ4v) is 2.58. The summed E-state index contributed by atoms with van der Waals surface area (Å²) in [5.74, 6) is 1.03. The van der Waals surface area contributed by atoms with Gasteiger partial charge < -0.3 is 9.73 Å². The number of nitrogens with one attached hydrogen (secondary N) is 1. The minimum atomic E-state index is -0.261. The number of para-hydroxylation sites is 1. The predicted molar refractivity (Wildman–Crippen MR) is 91.2 cm³/mol. The Kier molecular flexibility index (Phi) is 3.74. The number of pyridine rings is 1. The first-order valence-corrected chi connectivity index (χ1v) is 7.81. The first-order valence-electron chi connectivity index (χ1n) is 7.81. The number of carbonyl (C=O) groups is 1. The van der Waals surface area contributed by atoms with Crippen LogP contribution in [0.5, 0.6) is 0 Å². The second kappa shape index (κ2) is 6.20. The summed E-state index contributed by atoms with van der Waals surface area (Å²) < 4.78 is 7.30. The molecule has 0 aliphatic carbocycles. The van der Waals surface area contributed by atoms with Gasteiger partial charge in [-0.3, -0.25) is 4.79 Å². The zero-order valence-corrected chi connectivity index (χ0v) is 13.5. The van der Waals surface area contributed by atoms with E-state index in [9.17, 15) is 4.79 Å². The molecule has 0 saturated heterocycles. The van der Waals surface area contributed by atoms with Crippen molar-refractivity contribution in [1.82, 2.24) is 25.1 Å². The maximum absolute atomic E-state index is 12.5. The molecule has 1 atom stereocenters. The molecule has 1 N–H and O–H groups in total. The lowest BCUT2D eigenvalue weighted by Crippen LogP contribution is -2.26. The quantitative estimate of drug-likeness (QED) is 0.620. The lowest BCUT2D eigenvalue weighted by Gasteiger charge is -2.11. The summed E-state index contributed by atoms with van der Waals surface area (Å²) in [6.07, 6.45) is 4.51. The largest absolute Gasteiger partial charge is 0.459 e. The number of furan rings is 1. The van der Waals surface area contributed by atoms with Crippen molar-refractivity contribution in [3.05, 3.63) is 72.6 Å². The Balaban J connectivity index is 1.54. The number of aromatic nitrogens is 4. The van der Waals surface area contributed by atoms with Crippen LogP contribution in [0, 0.1) is 0 Å². The highest BCUT2D eigenvalue weighted by Crippen LogP contribution is 2.23. The van der Waals surface area contributed by atoms with Gasteiger partial charge in [-0.15, -0.1) is 0 Å². The van der Waals surface area contributed by atoms with Crippen LogP contribution in [0.2, 0.25) is 0 Å². The molecule has 4 rings (SSSR count). The van der Waals surface area contributed by atoms with Gasteiger partial charge in [0.1, 0.15) is 24.0 Å². The highest BCUT2D eigenvalue weighted by Gasteiger charge is 2.16. The van der Waals surface area contributed by atoms with Gasteiger partial charge in [-0.1, -0.05) is 18.2 Å². The lowest BCUT2D eigenvalue weighted by molar-refractivity contribution is 0.0935. The zero-order valence-electron chi connectivity index (χ0n) is 13.5. The Morgan fingerprint density at radius 1 is 1.24 bits per heavy atom. The molecule has 7 heteroatoms. The van der Waals surface area contributed by atoms with Gasteiger partial charge in [-0.25, -0.2) is 14.6 Å². The molecule has 0 bridgehead atoms. The first kappa shape index (κ1) is 15.1. The number of benzene rings is 1. The maximum Gasteiger partial charge on any atom is 0.252 e. The topological polar surface area (TPSA) is 85.8 Å². The van der Waals surface area contributed by atoms with Crippen molar-refractivity contribution in [2.45, 2.75) is 13.0 Å². The molecule has 4 aromatic rings. The van der Waals surface area contributed by atoms with Crippen LogP contribution >= 0.6 is 0 Å². The average molecular weight is 333 g/mol. The van der Waals surface area contributed by atoms with Gasteiger partial charge in [0.25, 0.3) is 5.91 Å². The van der Waals surface area contributed by atoms with Crippen LogP contribution in [-0.2, 0) is 0 Å². The van der Waals surface area contributed by atoms with Gasteiger partial charge in [-0.05, 0) is 31.2 Å². The molecule has 0 unspecified atom stereocenters. The molecule has 0 fully saturated rings. The average Bonchev–Trinajstić information content (AvgIpc) is 3.31. The van der Waals surface area contributed by atoms with E-state index in [2.05, 4.69) is 20.4 Å². The molecular weight excluding hydrogens is 318 g/mol. The molecule has 0 aliphatic rings. The van der Waals surface area contributed by atoms with E-state index >= 15 is 0 Å². The molecule has 7 nitrogen and oxygen atoms in total. The molecule has 0 aliphatic heterocycles. The summed E-state index contributed by atoms with van der Waals surface area (Å²) in [7, 11) is 0. The van der Waals surface area contributed by atoms with Crippen molar-refractivity contribution < 1.29 is 9.21 Å². The fourth-order valence-electron chi connectivity index (χ4n) is 2.58. The fraction of sp³-hybridized carbons (Fsp3) is 0.111. The summed E-state index contributed by atoms with van der Waals surface area (Å²) in [4.78, 5) is 20.6. The molecule has 1 amide bonds. The predicted octanol–water partition coefficient (Wildman–Crippen LogP) is 2.90. The van der Waals surface area contributed by atoms with E-state index < -0.39 is 0 Å². The first-order chi connectivity index (χ1) is 12.2. The molecule has 0 radical (unpaired) electrons. The Hall–Kier alpha value is -3.48. The number of nitrogens with zero attached hydrogens (tertiary/aromatic N) is 4. The molecule has 1 aromatic carbocycles. The zero-order chi connectivity index (χ0) is 17.2. The van der Waals surface area contributed by atoms with Crippen molar-refractivity contribution in [1.29, 1.82) is 0 Å². The van der Waals surface area contributed by atoms with Crippen LogP contribution < -0.4 is 5.32 Å². The molecule has 25 heavy (non-hydrogen) atoms. The lowest BCUT2D eigenvalue weighted by atomic mass is 10.2.